The highest BCUT2D eigenvalue weighted by molar-refractivity contribution is 6.45. The normalized spacial score (nSPS) is 25.1. The largest absolute Gasteiger partial charge is 0.497 e. The molecule has 1 N–H and O–H groups in total. The van der Waals surface area contributed by atoms with Crippen LogP contribution in [0.3, 0.4) is 0 Å². The summed E-state index contributed by atoms with van der Waals surface area (Å²) in [6.07, 6.45) is 4.96. The lowest BCUT2D eigenvalue weighted by molar-refractivity contribution is -0.118. The number of aromatic nitrogens is 1. The van der Waals surface area contributed by atoms with Gasteiger partial charge < -0.3 is 19.5 Å². The number of Topliss-reactive ketones (excluding diaryl/α,β-unsaturated/α-hetero) is 1. The molecule has 0 spiro atoms. The molecule has 1 aromatic heterocycles. The number of fused-ring (bicyclic) bond motifs is 3. The Balaban J connectivity index is 1.55. The van der Waals surface area contributed by atoms with Crippen molar-refractivity contribution in [3.8, 4) is 5.75 Å². The van der Waals surface area contributed by atoms with Crippen molar-refractivity contribution in [2.75, 3.05) is 26.7 Å². The number of amides is 1. The van der Waals surface area contributed by atoms with Crippen LogP contribution in [-0.4, -0.2) is 53.9 Å². The Labute approximate surface area is 153 Å². The number of hydrogen-bond donors (Lipinski definition) is 1. The van der Waals surface area contributed by atoms with Gasteiger partial charge in [-0.1, -0.05) is 0 Å². The molecule has 2 aliphatic rings. The van der Waals surface area contributed by atoms with E-state index in [-0.39, 0.29) is 6.04 Å². The average Bonchev–Trinajstić information content (AvgIpc) is 2.99. The van der Waals surface area contributed by atoms with Crippen LogP contribution in [0.15, 0.2) is 24.4 Å². The molecule has 138 valence electrons. The van der Waals surface area contributed by atoms with E-state index >= 15 is 0 Å². The van der Waals surface area contributed by atoms with Crippen LogP contribution in [-0.2, 0) is 11.8 Å². The summed E-state index contributed by atoms with van der Waals surface area (Å²) >= 11 is 0. The number of ether oxygens (including phenoxy) is 1. The van der Waals surface area contributed by atoms with Gasteiger partial charge in [0.15, 0.2) is 0 Å². The van der Waals surface area contributed by atoms with Gasteiger partial charge in [-0.25, -0.2) is 0 Å². The fourth-order valence-electron chi connectivity index (χ4n) is 4.41. The van der Waals surface area contributed by atoms with Crippen molar-refractivity contribution in [3.05, 3.63) is 30.0 Å². The maximum atomic E-state index is 12.8. The highest BCUT2D eigenvalue weighted by Gasteiger charge is 2.34. The third-order valence-electron chi connectivity index (χ3n) is 5.83. The number of carbonyl (C=O) groups is 2. The number of rotatable bonds is 4. The minimum absolute atomic E-state index is 0.104. The zero-order valence-electron chi connectivity index (χ0n) is 15.3. The first-order valence-corrected chi connectivity index (χ1v) is 9.27. The number of methoxy groups -OCH3 is 1. The van der Waals surface area contributed by atoms with Gasteiger partial charge in [0, 0.05) is 43.3 Å². The van der Waals surface area contributed by atoms with Gasteiger partial charge in [-0.3, -0.25) is 9.59 Å². The first-order valence-electron chi connectivity index (χ1n) is 9.27. The van der Waals surface area contributed by atoms with Gasteiger partial charge in [0.05, 0.1) is 12.7 Å². The van der Waals surface area contributed by atoms with Crippen LogP contribution < -0.4 is 10.1 Å². The van der Waals surface area contributed by atoms with E-state index in [1.807, 2.05) is 29.8 Å². The van der Waals surface area contributed by atoms with Gasteiger partial charge in [0.25, 0.3) is 11.7 Å². The SMILES string of the molecule is COc1ccc2c(c1)c(C(=O)C(=O)NC1CCN3CCCC1C3)cn2C. The van der Waals surface area contributed by atoms with Crippen molar-refractivity contribution >= 4 is 22.6 Å². The van der Waals surface area contributed by atoms with Crippen molar-refractivity contribution < 1.29 is 14.3 Å². The number of hydrogen-bond acceptors (Lipinski definition) is 4. The second kappa shape index (κ2) is 6.76. The van der Waals surface area contributed by atoms with Gasteiger partial charge >= 0.3 is 0 Å². The molecule has 0 aliphatic carbocycles. The Morgan fingerprint density at radius 3 is 2.88 bits per heavy atom. The zero-order valence-corrected chi connectivity index (χ0v) is 15.3. The highest BCUT2D eigenvalue weighted by Crippen LogP contribution is 2.28. The van der Waals surface area contributed by atoms with E-state index in [1.165, 1.54) is 6.42 Å². The van der Waals surface area contributed by atoms with Crippen LogP contribution in [0, 0.1) is 5.92 Å². The Kier molecular flexibility index (Phi) is 4.44. The molecule has 26 heavy (non-hydrogen) atoms. The van der Waals surface area contributed by atoms with Gasteiger partial charge in [0.1, 0.15) is 5.75 Å². The van der Waals surface area contributed by atoms with E-state index in [9.17, 15) is 9.59 Å². The van der Waals surface area contributed by atoms with Gasteiger partial charge in [-0.2, -0.15) is 0 Å². The number of aryl methyl sites for hydroxylation is 1. The molecular weight excluding hydrogens is 330 g/mol. The molecule has 6 nitrogen and oxygen atoms in total. The molecule has 0 radical (unpaired) electrons. The number of benzene rings is 1. The maximum absolute atomic E-state index is 12.8. The second-order valence-electron chi connectivity index (χ2n) is 7.44. The van der Waals surface area contributed by atoms with E-state index in [1.54, 1.807) is 13.3 Å². The number of nitrogens with zero attached hydrogens (tertiary/aromatic N) is 2. The Morgan fingerprint density at radius 1 is 1.23 bits per heavy atom. The number of ketones is 1. The summed E-state index contributed by atoms with van der Waals surface area (Å²) in [4.78, 5) is 28.0. The quantitative estimate of drug-likeness (QED) is 0.673. The minimum atomic E-state index is -0.496. The van der Waals surface area contributed by atoms with Crippen molar-refractivity contribution in [3.63, 3.8) is 0 Å². The summed E-state index contributed by atoms with van der Waals surface area (Å²) in [5.41, 5.74) is 1.34. The van der Waals surface area contributed by atoms with Crippen molar-refractivity contribution in [1.82, 2.24) is 14.8 Å². The molecule has 0 saturated carbocycles. The second-order valence-corrected chi connectivity index (χ2v) is 7.44. The maximum Gasteiger partial charge on any atom is 0.292 e. The first-order chi connectivity index (χ1) is 12.6. The third kappa shape index (κ3) is 2.98. The molecule has 1 amide bonds. The van der Waals surface area contributed by atoms with Crippen molar-refractivity contribution in [2.24, 2.45) is 13.0 Å². The molecule has 6 heteroatoms. The predicted octanol–water partition coefficient (Wildman–Crippen LogP) is 1.97. The fraction of sp³-hybridized carbons (Fsp3) is 0.500. The van der Waals surface area contributed by atoms with Gasteiger partial charge in [-0.05, 0) is 49.9 Å². The summed E-state index contributed by atoms with van der Waals surface area (Å²) in [5, 5.41) is 3.77. The lowest BCUT2D eigenvalue weighted by atomic mass is 9.85. The summed E-state index contributed by atoms with van der Waals surface area (Å²) in [5.74, 6) is 0.168. The molecule has 2 aromatic rings. The topological polar surface area (TPSA) is 63.6 Å². The van der Waals surface area contributed by atoms with Crippen LogP contribution in [0.4, 0.5) is 0 Å². The van der Waals surface area contributed by atoms with Crippen molar-refractivity contribution in [1.29, 1.82) is 0 Å². The lowest BCUT2D eigenvalue weighted by Crippen LogP contribution is -2.54. The third-order valence-corrected chi connectivity index (χ3v) is 5.83. The summed E-state index contributed by atoms with van der Waals surface area (Å²) in [7, 11) is 3.47. The molecule has 3 atom stereocenters. The van der Waals surface area contributed by atoms with Crippen LogP contribution in [0.1, 0.15) is 29.6 Å². The number of nitrogens with one attached hydrogen (secondary N) is 1. The number of carbonyl (C=O) groups excluding carboxylic acids is 2. The Morgan fingerprint density at radius 2 is 2.08 bits per heavy atom. The molecule has 2 saturated heterocycles. The molecule has 4 rings (SSSR count). The Bertz CT molecular complexity index is 857. The molecule has 1 aromatic carbocycles. The van der Waals surface area contributed by atoms with E-state index in [2.05, 4.69) is 10.2 Å². The highest BCUT2D eigenvalue weighted by atomic mass is 16.5. The predicted molar refractivity (Wildman–Crippen MR) is 99.5 cm³/mol. The average molecular weight is 355 g/mol. The summed E-state index contributed by atoms with van der Waals surface area (Å²) in [6, 6.07) is 5.68. The van der Waals surface area contributed by atoms with Gasteiger partial charge in [-0.15, -0.1) is 0 Å². The van der Waals surface area contributed by atoms with Crippen molar-refractivity contribution in [2.45, 2.75) is 25.3 Å². The zero-order chi connectivity index (χ0) is 18.3. The summed E-state index contributed by atoms with van der Waals surface area (Å²) < 4.78 is 7.14. The number of piperidine rings is 2. The lowest BCUT2D eigenvalue weighted by Gasteiger charge is -2.42. The van der Waals surface area contributed by atoms with E-state index < -0.39 is 11.7 Å². The first kappa shape index (κ1) is 17.1. The fourth-order valence-corrected chi connectivity index (χ4v) is 4.41. The monoisotopic (exact) mass is 355 g/mol. The Hall–Kier alpha value is -2.34. The molecule has 2 fully saturated rings. The molecular formula is C20H25N3O3. The van der Waals surface area contributed by atoms with Crippen LogP contribution >= 0.6 is 0 Å². The van der Waals surface area contributed by atoms with E-state index in [4.69, 9.17) is 4.74 Å². The molecule has 2 aliphatic heterocycles. The minimum Gasteiger partial charge on any atom is -0.497 e. The summed E-state index contributed by atoms with van der Waals surface area (Å²) in [6.45, 7) is 3.19. The molecule has 3 unspecified atom stereocenters. The van der Waals surface area contributed by atoms with E-state index in [0.717, 1.165) is 43.4 Å². The van der Waals surface area contributed by atoms with Crippen LogP contribution in [0.2, 0.25) is 0 Å². The molecule has 3 heterocycles. The smallest absolute Gasteiger partial charge is 0.292 e. The standard InChI is InChI=1S/C20H25N3O3/c1-22-12-16(15-10-14(26-2)5-6-18(15)22)19(24)20(25)21-17-7-9-23-8-3-4-13(17)11-23/h5-6,10,12-13,17H,3-4,7-9,11H2,1-2H3,(H,21,25). The van der Waals surface area contributed by atoms with E-state index in [0.29, 0.717) is 17.2 Å². The van der Waals surface area contributed by atoms with Crippen LogP contribution in [0.5, 0.6) is 5.75 Å². The molecule has 2 bridgehead atoms. The van der Waals surface area contributed by atoms with Gasteiger partial charge in [0.2, 0.25) is 0 Å². The van der Waals surface area contributed by atoms with Crippen LogP contribution in [0.25, 0.3) is 10.9 Å².